The summed E-state index contributed by atoms with van der Waals surface area (Å²) in [5.74, 6) is -0.195. The molecule has 1 aliphatic carbocycles. The van der Waals surface area contributed by atoms with Gasteiger partial charge >= 0.3 is 0 Å². The molecule has 2 heterocycles. The first-order valence-electron chi connectivity index (χ1n) is 8.99. The molecule has 7 nitrogen and oxygen atoms in total. The number of nitrogens with zero attached hydrogens (tertiary/aromatic N) is 2. The average Bonchev–Trinajstić information content (AvgIpc) is 2.86. The van der Waals surface area contributed by atoms with Gasteiger partial charge in [0, 0.05) is 44.1 Å². The van der Waals surface area contributed by atoms with E-state index in [9.17, 15) is 13.2 Å². The molecule has 0 aromatic heterocycles. The largest absolute Gasteiger partial charge is 0.379 e. The van der Waals surface area contributed by atoms with Crippen LogP contribution in [-0.4, -0.2) is 74.8 Å². The number of hydrogen-bond donors (Lipinski definition) is 1. The number of ether oxygens (including phenoxy) is 1. The maximum Gasteiger partial charge on any atom is 0.223 e. The Morgan fingerprint density at radius 1 is 1.17 bits per heavy atom. The van der Waals surface area contributed by atoms with Gasteiger partial charge in [0.25, 0.3) is 0 Å². The lowest BCUT2D eigenvalue weighted by Gasteiger charge is -2.49. The highest BCUT2D eigenvalue weighted by Crippen LogP contribution is 2.36. The first-order chi connectivity index (χ1) is 11.4. The SMILES string of the molecule is NS(=O)(=O)CC1CC(=O)N(CC2(N3CCOCC3)CCCCC2)C1. The Labute approximate surface area is 144 Å². The third kappa shape index (κ3) is 4.28. The van der Waals surface area contributed by atoms with Gasteiger partial charge in [-0.2, -0.15) is 0 Å². The molecule has 24 heavy (non-hydrogen) atoms. The molecule has 0 radical (unpaired) electrons. The Kier molecular flexibility index (Phi) is 5.48. The zero-order chi connectivity index (χ0) is 17.2. The molecule has 0 aromatic rings. The minimum atomic E-state index is -3.53. The number of likely N-dealkylation sites (tertiary alicyclic amines) is 1. The Morgan fingerprint density at radius 2 is 1.83 bits per heavy atom. The van der Waals surface area contributed by atoms with Gasteiger partial charge in [-0.15, -0.1) is 0 Å². The first kappa shape index (κ1) is 18.1. The maximum atomic E-state index is 12.4. The van der Waals surface area contributed by atoms with E-state index >= 15 is 0 Å². The van der Waals surface area contributed by atoms with Crippen LogP contribution >= 0.6 is 0 Å². The second-order valence-corrected chi connectivity index (χ2v) is 9.22. The van der Waals surface area contributed by atoms with Crippen LogP contribution in [0.3, 0.4) is 0 Å². The molecule has 1 amide bonds. The lowest BCUT2D eigenvalue weighted by Crippen LogP contribution is -2.59. The lowest BCUT2D eigenvalue weighted by atomic mass is 9.79. The van der Waals surface area contributed by atoms with E-state index in [0.717, 1.165) is 39.1 Å². The van der Waals surface area contributed by atoms with Crippen LogP contribution in [-0.2, 0) is 19.6 Å². The van der Waals surface area contributed by atoms with Crippen LogP contribution in [0.2, 0.25) is 0 Å². The van der Waals surface area contributed by atoms with Gasteiger partial charge < -0.3 is 9.64 Å². The molecule has 8 heteroatoms. The summed E-state index contributed by atoms with van der Waals surface area (Å²) >= 11 is 0. The van der Waals surface area contributed by atoms with Crippen molar-refractivity contribution in [1.82, 2.24) is 9.80 Å². The fourth-order valence-electron chi connectivity index (χ4n) is 4.62. The fourth-order valence-corrected chi connectivity index (χ4v) is 5.50. The second-order valence-electron chi connectivity index (χ2n) is 7.56. The molecular weight excluding hydrogens is 330 g/mol. The highest BCUT2D eigenvalue weighted by atomic mass is 32.2. The number of sulfonamides is 1. The third-order valence-electron chi connectivity index (χ3n) is 5.71. The fraction of sp³-hybridized carbons (Fsp3) is 0.938. The molecule has 2 saturated heterocycles. The summed E-state index contributed by atoms with van der Waals surface area (Å²) in [6.45, 7) is 4.58. The monoisotopic (exact) mass is 359 g/mol. The third-order valence-corrected chi connectivity index (χ3v) is 6.65. The first-order valence-corrected chi connectivity index (χ1v) is 10.7. The smallest absolute Gasteiger partial charge is 0.223 e. The molecule has 138 valence electrons. The van der Waals surface area contributed by atoms with E-state index in [2.05, 4.69) is 4.90 Å². The molecule has 1 saturated carbocycles. The summed E-state index contributed by atoms with van der Waals surface area (Å²) in [6.07, 6.45) is 6.16. The van der Waals surface area contributed by atoms with Crippen LogP contribution in [0.25, 0.3) is 0 Å². The topological polar surface area (TPSA) is 92.9 Å². The second kappa shape index (κ2) is 7.27. The Morgan fingerprint density at radius 3 is 2.46 bits per heavy atom. The van der Waals surface area contributed by atoms with Gasteiger partial charge in [-0.05, 0) is 12.8 Å². The normalized spacial score (nSPS) is 29.1. The quantitative estimate of drug-likeness (QED) is 0.755. The highest BCUT2D eigenvalue weighted by molar-refractivity contribution is 7.89. The van der Waals surface area contributed by atoms with Gasteiger partial charge in [0.05, 0.1) is 19.0 Å². The van der Waals surface area contributed by atoms with Gasteiger partial charge in [-0.1, -0.05) is 19.3 Å². The summed E-state index contributed by atoms with van der Waals surface area (Å²) in [7, 11) is -3.53. The molecule has 1 unspecified atom stereocenters. The molecule has 0 spiro atoms. The van der Waals surface area contributed by atoms with E-state index in [1.165, 1.54) is 19.3 Å². The van der Waals surface area contributed by atoms with Crippen molar-refractivity contribution in [1.29, 1.82) is 0 Å². The highest BCUT2D eigenvalue weighted by Gasteiger charge is 2.43. The maximum absolute atomic E-state index is 12.4. The van der Waals surface area contributed by atoms with E-state index in [1.54, 1.807) is 0 Å². The molecule has 2 N–H and O–H groups in total. The standard InChI is InChI=1S/C16H29N3O4S/c17-24(21,22)12-14-10-15(20)18(11-14)13-16(4-2-1-3-5-16)19-6-8-23-9-7-19/h14H,1-13H2,(H2,17,21,22). The van der Waals surface area contributed by atoms with E-state index < -0.39 is 10.0 Å². The summed E-state index contributed by atoms with van der Waals surface area (Å²) in [6, 6.07) is 0. The van der Waals surface area contributed by atoms with Crippen LogP contribution < -0.4 is 5.14 Å². The Hall–Kier alpha value is -0.700. The van der Waals surface area contributed by atoms with Crippen LogP contribution in [0, 0.1) is 5.92 Å². The number of nitrogens with two attached hydrogens (primary N) is 1. The summed E-state index contributed by atoms with van der Waals surface area (Å²) in [5, 5.41) is 5.15. The molecular formula is C16H29N3O4S. The van der Waals surface area contributed by atoms with Crippen LogP contribution in [0.1, 0.15) is 38.5 Å². The number of primary sulfonamides is 1. The van der Waals surface area contributed by atoms with Gasteiger partial charge in [-0.25, -0.2) is 13.6 Å². The summed E-state index contributed by atoms with van der Waals surface area (Å²) in [5.41, 5.74) is 0.0359. The van der Waals surface area contributed by atoms with Crippen molar-refractivity contribution >= 4 is 15.9 Å². The number of carbonyl (C=O) groups excluding carboxylic acids is 1. The minimum absolute atomic E-state index is 0.0359. The van der Waals surface area contributed by atoms with E-state index in [4.69, 9.17) is 9.88 Å². The zero-order valence-corrected chi connectivity index (χ0v) is 15.1. The molecule has 0 bridgehead atoms. The zero-order valence-electron chi connectivity index (χ0n) is 14.3. The molecule has 2 aliphatic heterocycles. The predicted octanol–water partition coefficient (Wildman–Crippen LogP) is 0.159. The number of amides is 1. The van der Waals surface area contributed by atoms with Crippen LogP contribution in [0.5, 0.6) is 0 Å². The summed E-state index contributed by atoms with van der Waals surface area (Å²) in [4.78, 5) is 16.8. The van der Waals surface area contributed by atoms with Gasteiger partial charge in [-0.3, -0.25) is 9.69 Å². The van der Waals surface area contributed by atoms with Gasteiger partial charge in [0.1, 0.15) is 0 Å². The molecule has 0 aromatic carbocycles. The molecule has 1 atom stereocenters. The van der Waals surface area contributed by atoms with Crippen molar-refractivity contribution in [2.24, 2.45) is 11.1 Å². The Balaban J connectivity index is 1.69. The minimum Gasteiger partial charge on any atom is -0.379 e. The summed E-state index contributed by atoms with van der Waals surface area (Å²) < 4.78 is 28.1. The Bertz CT molecular complexity index is 554. The average molecular weight is 359 g/mol. The van der Waals surface area contributed by atoms with Crippen LogP contribution in [0.15, 0.2) is 0 Å². The van der Waals surface area contributed by atoms with Crippen molar-refractivity contribution in [2.75, 3.05) is 45.1 Å². The number of carbonyl (C=O) groups is 1. The lowest BCUT2D eigenvalue weighted by molar-refractivity contribution is -0.131. The van der Waals surface area contributed by atoms with Crippen molar-refractivity contribution in [3.05, 3.63) is 0 Å². The number of morpholine rings is 1. The van der Waals surface area contributed by atoms with Gasteiger partial charge in [0.15, 0.2) is 0 Å². The molecule has 3 fully saturated rings. The molecule has 3 aliphatic rings. The van der Waals surface area contributed by atoms with E-state index in [-0.39, 0.29) is 23.1 Å². The van der Waals surface area contributed by atoms with Crippen LogP contribution in [0.4, 0.5) is 0 Å². The number of rotatable bonds is 5. The van der Waals surface area contributed by atoms with E-state index in [0.29, 0.717) is 19.5 Å². The number of hydrogen-bond acceptors (Lipinski definition) is 5. The molecule has 3 rings (SSSR count). The van der Waals surface area contributed by atoms with Crippen molar-refractivity contribution in [3.8, 4) is 0 Å². The van der Waals surface area contributed by atoms with Crippen molar-refractivity contribution < 1.29 is 17.9 Å². The van der Waals surface area contributed by atoms with Crippen molar-refractivity contribution in [3.63, 3.8) is 0 Å². The van der Waals surface area contributed by atoms with Gasteiger partial charge in [0.2, 0.25) is 15.9 Å². The van der Waals surface area contributed by atoms with Crippen molar-refractivity contribution in [2.45, 2.75) is 44.1 Å². The van der Waals surface area contributed by atoms with E-state index in [1.807, 2.05) is 4.90 Å². The predicted molar refractivity (Wildman–Crippen MR) is 90.9 cm³/mol.